The number of nitrogens with one attached hydrogen (secondary N) is 1. The Morgan fingerprint density at radius 1 is 1.18 bits per heavy atom. The van der Waals surface area contributed by atoms with Gasteiger partial charge in [0.1, 0.15) is 11.6 Å². The van der Waals surface area contributed by atoms with Crippen LogP contribution in [0.15, 0.2) is 0 Å². The molecule has 1 aromatic heterocycles. The molecule has 2 aliphatic rings. The molecule has 1 saturated heterocycles. The molecule has 3 rings (SSSR count). The number of hydrogen-bond acceptors (Lipinski definition) is 7. The second-order valence-electron chi connectivity index (χ2n) is 3.93. The number of thioether (sulfide) groups is 3. The fourth-order valence-corrected chi connectivity index (χ4v) is 5.61. The van der Waals surface area contributed by atoms with E-state index in [2.05, 4.69) is 10.4 Å². The van der Waals surface area contributed by atoms with Gasteiger partial charge in [-0.15, -0.1) is 11.8 Å². The molecule has 7 heteroatoms. The van der Waals surface area contributed by atoms with Crippen LogP contribution in [0.4, 0.5) is 5.82 Å². The van der Waals surface area contributed by atoms with Crippen molar-refractivity contribution in [2.45, 2.75) is 16.8 Å². The molecule has 17 heavy (non-hydrogen) atoms. The van der Waals surface area contributed by atoms with Crippen LogP contribution in [0, 0.1) is 0 Å². The van der Waals surface area contributed by atoms with E-state index in [9.17, 15) is 0 Å². The summed E-state index contributed by atoms with van der Waals surface area (Å²) in [5.41, 5.74) is 5.09. The molecular weight excluding hydrogens is 272 g/mol. The SMILES string of the molecule is NNc1nc(C2CSCCS2)nc2c1CSC2. The Labute approximate surface area is 113 Å². The number of hydrazine groups is 1. The van der Waals surface area contributed by atoms with E-state index in [-0.39, 0.29) is 0 Å². The van der Waals surface area contributed by atoms with E-state index < -0.39 is 0 Å². The van der Waals surface area contributed by atoms with Crippen molar-refractivity contribution in [1.29, 1.82) is 0 Å². The molecular formula is C10H14N4S3. The first kappa shape index (κ1) is 12.0. The Balaban J connectivity index is 1.94. The Morgan fingerprint density at radius 2 is 2.12 bits per heavy atom. The zero-order valence-corrected chi connectivity index (χ0v) is 11.8. The van der Waals surface area contributed by atoms with Crippen molar-refractivity contribution in [3.05, 3.63) is 17.1 Å². The van der Waals surface area contributed by atoms with Gasteiger partial charge in [-0.25, -0.2) is 15.8 Å². The van der Waals surface area contributed by atoms with Crippen LogP contribution in [0.5, 0.6) is 0 Å². The van der Waals surface area contributed by atoms with E-state index in [1.807, 2.05) is 35.3 Å². The molecule has 3 N–H and O–H groups in total. The van der Waals surface area contributed by atoms with Gasteiger partial charge in [-0.05, 0) is 0 Å². The third-order valence-electron chi connectivity index (χ3n) is 2.84. The van der Waals surface area contributed by atoms with E-state index >= 15 is 0 Å². The Bertz CT molecular complexity index is 420. The van der Waals surface area contributed by atoms with Gasteiger partial charge in [-0.1, -0.05) is 0 Å². The molecule has 2 aliphatic heterocycles. The molecule has 0 aliphatic carbocycles. The summed E-state index contributed by atoms with van der Waals surface area (Å²) in [7, 11) is 0. The van der Waals surface area contributed by atoms with E-state index in [0.717, 1.165) is 28.9 Å². The highest BCUT2D eigenvalue weighted by Gasteiger charge is 2.24. The normalized spacial score (nSPS) is 23.5. The smallest absolute Gasteiger partial charge is 0.148 e. The van der Waals surface area contributed by atoms with E-state index in [1.165, 1.54) is 22.8 Å². The van der Waals surface area contributed by atoms with E-state index in [0.29, 0.717) is 5.25 Å². The summed E-state index contributed by atoms with van der Waals surface area (Å²) >= 11 is 5.82. The lowest BCUT2D eigenvalue weighted by Crippen LogP contribution is -2.16. The summed E-state index contributed by atoms with van der Waals surface area (Å²) in [6.45, 7) is 0. The highest BCUT2D eigenvalue weighted by Crippen LogP contribution is 2.38. The predicted molar refractivity (Wildman–Crippen MR) is 77.4 cm³/mol. The third-order valence-corrected chi connectivity index (χ3v) is 6.56. The standard InChI is InChI=1S/C10H14N4S3/c11-14-9-6-3-16-4-7(6)12-10(13-9)8-5-15-1-2-17-8/h8H,1-5,11H2,(H,12,13,14). The topological polar surface area (TPSA) is 63.8 Å². The van der Waals surface area contributed by atoms with Gasteiger partial charge in [-0.3, -0.25) is 0 Å². The first-order valence-electron chi connectivity index (χ1n) is 5.52. The molecule has 92 valence electrons. The molecule has 3 heterocycles. The van der Waals surface area contributed by atoms with E-state index in [1.54, 1.807) is 0 Å². The number of nitrogen functional groups attached to an aromatic ring is 1. The molecule has 4 nitrogen and oxygen atoms in total. The maximum atomic E-state index is 5.56. The number of fused-ring (bicyclic) bond motifs is 1. The molecule has 0 bridgehead atoms. The van der Waals surface area contributed by atoms with Crippen LogP contribution >= 0.6 is 35.3 Å². The van der Waals surface area contributed by atoms with Crippen LogP contribution in [-0.4, -0.2) is 27.2 Å². The molecule has 0 aromatic carbocycles. The highest BCUT2D eigenvalue weighted by atomic mass is 32.2. The summed E-state index contributed by atoms with van der Waals surface area (Å²) in [6.07, 6.45) is 0. The highest BCUT2D eigenvalue weighted by molar-refractivity contribution is 8.06. The number of anilines is 1. The molecule has 0 radical (unpaired) electrons. The molecule has 1 aromatic rings. The lowest BCUT2D eigenvalue weighted by molar-refractivity contribution is 0.892. The predicted octanol–water partition coefficient (Wildman–Crippen LogP) is 2.03. The van der Waals surface area contributed by atoms with Crippen molar-refractivity contribution in [2.75, 3.05) is 22.7 Å². The number of aromatic nitrogens is 2. The van der Waals surface area contributed by atoms with Crippen LogP contribution in [0.3, 0.4) is 0 Å². The number of nitrogens with two attached hydrogens (primary N) is 1. The van der Waals surface area contributed by atoms with Gasteiger partial charge in [0.25, 0.3) is 0 Å². The zero-order valence-electron chi connectivity index (χ0n) is 9.31. The summed E-state index contributed by atoms with van der Waals surface area (Å²) in [6, 6.07) is 0. The van der Waals surface area contributed by atoms with Crippen molar-refractivity contribution in [3.8, 4) is 0 Å². The third kappa shape index (κ3) is 2.38. The molecule has 0 spiro atoms. The summed E-state index contributed by atoms with van der Waals surface area (Å²) in [4.78, 5) is 9.32. The van der Waals surface area contributed by atoms with Crippen LogP contribution in [0.2, 0.25) is 0 Å². The molecule has 0 saturated carbocycles. The molecule has 0 amide bonds. The zero-order chi connectivity index (χ0) is 11.7. The maximum absolute atomic E-state index is 5.56. The Morgan fingerprint density at radius 3 is 2.88 bits per heavy atom. The van der Waals surface area contributed by atoms with Gasteiger partial charge in [-0.2, -0.15) is 23.5 Å². The lowest BCUT2D eigenvalue weighted by atomic mass is 10.2. The minimum atomic E-state index is 0.428. The van der Waals surface area contributed by atoms with Crippen molar-refractivity contribution >= 4 is 41.1 Å². The Hall–Kier alpha value is -0.110. The average Bonchev–Trinajstić information content (AvgIpc) is 2.86. The van der Waals surface area contributed by atoms with Gasteiger partial charge in [0.15, 0.2) is 0 Å². The number of hydrogen-bond donors (Lipinski definition) is 2. The van der Waals surface area contributed by atoms with Gasteiger partial charge in [0.05, 0.1) is 10.9 Å². The van der Waals surface area contributed by atoms with E-state index in [4.69, 9.17) is 10.8 Å². The van der Waals surface area contributed by atoms with Crippen LogP contribution in [-0.2, 0) is 11.5 Å². The largest absolute Gasteiger partial charge is 0.308 e. The first-order valence-corrected chi connectivity index (χ1v) is 8.87. The Kier molecular flexibility index (Phi) is 3.69. The molecule has 1 fully saturated rings. The van der Waals surface area contributed by atoms with Crippen molar-refractivity contribution < 1.29 is 0 Å². The quantitative estimate of drug-likeness (QED) is 0.637. The molecule has 1 unspecified atom stereocenters. The fourth-order valence-electron chi connectivity index (χ4n) is 1.97. The molecule has 1 atom stereocenters. The summed E-state index contributed by atoms with van der Waals surface area (Å²) < 4.78 is 0. The fraction of sp³-hybridized carbons (Fsp3) is 0.600. The first-order chi connectivity index (χ1) is 8.38. The maximum Gasteiger partial charge on any atom is 0.148 e. The monoisotopic (exact) mass is 286 g/mol. The van der Waals surface area contributed by atoms with Gasteiger partial charge >= 0.3 is 0 Å². The lowest BCUT2D eigenvalue weighted by Gasteiger charge is -2.20. The van der Waals surface area contributed by atoms with Crippen molar-refractivity contribution in [1.82, 2.24) is 9.97 Å². The van der Waals surface area contributed by atoms with Crippen LogP contribution in [0.1, 0.15) is 22.3 Å². The number of nitrogens with zero attached hydrogens (tertiary/aromatic N) is 2. The van der Waals surface area contributed by atoms with Crippen LogP contribution in [0.25, 0.3) is 0 Å². The van der Waals surface area contributed by atoms with Crippen LogP contribution < -0.4 is 11.3 Å². The van der Waals surface area contributed by atoms with Gasteiger partial charge in [0, 0.05) is 34.3 Å². The van der Waals surface area contributed by atoms with Gasteiger partial charge < -0.3 is 5.43 Å². The second-order valence-corrected chi connectivity index (χ2v) is 7.37. The minimum Gasteiger partial charge on any atom is -0.308 e. The van der Waals surface area contributed by atoms with Gasteiger partial charge in [0.2, 0.25) is 0 Å². The second kappa shape index (κ2) is 5.26. The number of rotatable bonds is 2. The summed E-state index contributed by atoms with van der Waals surface area (Å²) in [5.74, 6) is 12.8. The average molecular weight is 286 g/mol. The minimum absolute atomic E-state index is 0.428. The van der Waals surface area contributed by atoms with Crippen molar-refractivity contribution in [2.24, 2.45) is 5.84 Å². The van der Waals surface area contributed by atoms with Crippen molar-refractivity contribution in [3.63, 3.8) is 0 Å². The summed E-state index contributed by atoms with van der Waals surface area (Å²) in [5, 5.41) is 0.428.